The zero-order valence-corrected chi connectivity index (χ0v) is 9.84. The summed E-state index contributed by atoms with van der Waals surface area (Å²) in [5.41, 5.74) is 7.69. The minimum absolute atomic E-state index is 0. The molecule has 0 aliphatic heterocycles. The number of nitrogens with two attached hydrogens (primary N) is 1. The van der Waals surface area contributed by atoms with Crippen LogP contribution < -0.4 is 10.6 Å². The molecule has 0 amide bonds. The Kier molecular flexibility index (Phi) is 5.39. The summed E-state index contributed by atoms with van der Waals surface area (Å²) in [5, 5.41) is 0. The van der Waals surface area contributed by atoms with E-state index in [2.05, 4.69) is 37.8 Å². The third-order valence-corrected chi connectivity index (χ3v) is 2.19. The lowest BCUT2D eigenvalue weighted by Gasteiger charge is -2.27. The van der Waals surface area contributed by atoms with Crippen molar-refractivity contribution in [3.63, 3.8) is 0 Å². The van der Waals surface area contributed by atoms with Crippen molar-refractivity contribution in [1.82, 2.24) is 0 Å². The molecule has 0 bridgehead atoms. The van der Waals surface area contributed by atoms with Gasteiger partial charge in [0, 0.05) is 24.0 Å². The van der Waals surface area contributed by atoms with Gasteiger partial charge in [-0.15, -0.1) is 12.4 Å². The number of halogens is 1. The Labute approximate surface area is 92.5 Å². The fourth-order valence-corrected chi connectivity index (χ4v) is 1.51. The van der Waals surface area contributed by atoms with Crippen LogP contribution in [-0.2, 0) is 0 Å². The first-order valence-electron chi connectivity index (χ1n) is 4.77. The van der Waals surface area contributed by atoms with E-state index in [9.17, 15) is 0 Å². The van der Waals surface area contributed by atoms with Crippen LogP contribution in [0.25, 0.3) is 0 Å². The topological polar surface area (TPSA) is 29.3 Å². The summed E-state index contributed by atoms with van der Waals surface area (Å²) >= 11 is 0. The maximum Gasteiger partial charge on any atom is 0.0369 e. The Morgan fingerprint density at radius 3 is 2.07 bits per heavy atom. The molecule has 0 fully saturated rings. The fourth-order valence-electron chi connectivity index (χ4n) is 1.51. The largest absolute Gasteiger partial charge is 0.399 e. The number of hydrogen-bond acceptors (Lipinski definition) is 2. The van der Waals surface area contributed by atoms with Gasteiger partial charge in [0.05, 0.1) is 0 Å². The van der Waals surface area contributed by atoms with Gasteiger partial charge in [0.1, 0.15) is 0 Å². The Bertz CT molecular complexity index is 256. The highest BCUT2D eigenvalue weighted by molar-refractivity contribution is 5.85. The molecule has 0 saturated heterocycles. The minimum Gasteiger partial charge on any atom is -0.399 e. The summed E-state index contributed by atoms with van der Waals surface area (Å²) in [4.78, 5) is 2.33. The van der Waals surface area contributed by atoms with E-state index in [1.807, 2.05) is 12.1 Å². The highest BCUT2D eigenvalue weighted by Crippen LogP contribution is 2.17. The van der Waals surface area contributed by atoms with Gasteiger partial charge in [-0.3, -0.25) is 0 Å². The van der Waals surface area contributed by atoms with Gasteiger partial charge < -0.3 is 10.6 Å². The van der Waals surface area contributed by atoms with E-state index >= 15 is 0 Å². The predicted octanol–water partition coefficient (Wildman–Crippen LogP) is 2.93. The molecule has 0 spiro atoms. The van der Waals surface area contributed by atoms with Gasteiger partial charge in [-0.2, -0.15) is 0 Å². The lowest BCUT2D eigenvalue weighted by molar-refractivity contribution is 0.704. The van der Waals surface area contributed by atoms with E-state index in [-0.39, 0.29) is 12.4 Å². The van der Waals surface area contributed by atoms with Crippen molar-refractivity contribution < 1.29 is 0 Å². The maximum atomic E-state index is 5.63. The molecular formula is C11H19ClN2. The van der Waals surface area contributed by atoms with Gasteiger partial charge in [-0.05, 0) is 45.0 Å². The summed E-state index contributed by atoms with van der Waals surface area (Å²) in [6.45, 7) is 7.58. The normalized spacial score (nSPS) is 9.71. The highest BCUT2D eigenvalue weighted by Gasteiger charge is 2.06. The molecule has 0 aromatic heterocycles. The number of anilines is 2. The molecule has 1 aromatic rings. The molecule has 0 aliphatic carbocycles. The number of nitrogen functional groups attached to an aromatic ring is 1. The Balaban J connectivity index is 0.00000169. The smallest absolute Gasteiger partial charge is 0.0369 e. The number of hydrogen-bond donors (Lipinski definition) is 1. The van der Waals surface area contributed by atoms with Gasteiger partial charge in [-0.1, -0.05) is 0 Å². The van der Waals surface area contributed by atoms with Crippen LogP contribution >= 0.6 is 12.4 Å². The third-order valence-electron chi connectivity index (χ3n) is 2.19. The summed E-state index contributed by atoms with van der Waals surface area (Å²) in [6.07, 6.45) is 0. The summed E-state index contributed by atoms with van der Waals surface area (Å²) in [7, 11) is 0. The Hall–Kier alpha value is -0.890. The molecule has 0 radical (unpaired) electrons. The van der Waals surface area contributed by atoms with Crippen molar-refractivity contribution in [2.45, 2.75) is 26.8 Å². The van der Waals surface area contributed by atoms with Gasteiger partial charge >= 0.3 is 0 Å². The van der Waals surface area contributed by atoms with Crippen molar-refractivity contribution in [3.05, 3.63) is 24.3 Å². The molecule has 0 aliphatic rings. The van der Waals surface area contributed by atoms with Crippen LogP contribution in [0.1, 0.15) is 20.8 Å². The second-order valence-corrected chi connectivity index (χ2v) is 3.47. The zero-order valence-electron chi connectivity index (χ0n) is 9.03. The summed E-state index contributed by atoms with van der Waals surface area (Å²) < 4.78 is 0. The Morgan fingerprint density at radius 1 is 1.21 bits per heavy atom. The van der Waals surface area contributed by atoms with Crippen molar-refractivity contribution in [2.24, 2.45) is 0 Å². The van der Waals surface area contributed by atoms with Gasteiger partial charge in [0.25, 0.3) is 0 Å². The van der Waals surface area contributed by atoms with Crippen LogP contribution in [0.4, 0.5) is 11.4 Å². The average Bonchev–Trinajstić information content (AvgIpc) is 2.09. The molecule has 3 heteroatoms. The molecule has 80 valence electrons. The van der Waals surface area contributed by atoms with Crippen LogP contribution in [-0.4, -0.2) is 12.6 Å². The van der Waals surface area contributed by atoms with Crippen LogP contribution in [0.5, 0.6) is 0 Å². The quantitative estimate of drug-likeness (QED) is 0.785. The van der Waals surface area contributed by atoms with Crippen molar-refractivity contribution in [2.75, 3.05) is 17.2 Å². The standard InChI is InChI=1S/C11H18N2.ClH/c1-4-13(9(2)3)11-7-5-10(12)6-8-11;/h5-9H,4,12H2,1-3H3;1H. The van der Waals surface area contributed by atoms with E-state index in [0.29, 0.717) is 6.04 Å². The first-order chi connectivity index (χ1) is 6.15. The van der Waals surface area contributed by atoms with Gasteiger partial charge in [-0.25, -0.2) is 0 Å². The SMILES string of the molecule is CCN(c1ccc(N)cc1)C(C)C.Cl. The first-order valence-corrected chi connectivity index (χ1v) is 4.77. The first kappa shape index (κ1) is 13.1. The molecule has 0 unspecified atom stereocenters. The van der Waals surface area contributed by atoms with E-state index in [1.54, 1.807) is 0 Å². The number of nitrogens with zero attached hydrogens (tertiary/aromatic N) is 1. The number of benzene rings is 1. The Morgan fingerprint density at radius 2 is 1.71 bits per heavy atom. The average molecular weight is 215 g/mol. The highest BCUT2D eigenvalue weighted by atomic mass is 35.5. The summed E-state index contributed by atoms with van der Waals surface area (Å²) in [5.74, 6) is 0. The zero-order chi connectivity index (χ0) is 9.84. The second-order valence-electron chi connectivity index (χ2n) is 3.47. The minimum atomic E-state index is 0. The lowest BCUT2D eigenvalue weighted by Crippen LogP contribution is -2.30. The van der Waals surface area contributed by atoms with Gasteiger partial charge in [0.15, 0.2) is 0 Å². The van der Waals surface area contributed by atoms with E-state index < -0.39 is 0 Å². The van der Waals surface area contributed by atoms with E-state index in [0.717, 1.165) is 12.2 Å². The number of rotatable bonds is 3. The van der Waals surface area contributed by atoms with Gasteiger partial charge in [0.2, 0.25) is 0 Å². The predicted molar refractivity (Wildman–Crippen MR) is 66.3 cm³/mol. The third kappa shape index (κ3) is 3.11. The van der Waals surface area contributed by atoms with Crippen LogP contribution in [0, 0.1) is 0 Å². The molecule has 14 heavy (non-hydrogen) atoms. The lowest BCUT2D eigenvalue weighted by atomic mass is 10.2. The molecule has 1 aromatic carbocycles. The monoisotopic (exact) mass is 214 g/mol. The second kappa shape index (κ2) is 5.76. The maximum absolute atomic E-state index is 5.63. The summed E-state index contributed by atoms with van der Waals surface area (Å²) in [6, 6.07) is 8.56. The molecule has 0 atom stereocenters. The van der Waals surface area contributed by atoms with E-state index in [4.69, 9.17) is 5.73 Å². The van der Waals surface area contributed by atoms with Crippen molar-refractivity contribution in [3.8, 4) is 0 Å². The molecule has 1 rings (SSSR count). The van der Waals surface area contributed by atoms with E-state index in [1.165, 1.54) is 5.69 Å². The molecular weight excluding hydrogens is 196 g/mol. The van der Waals surface area contributed by atoms with Crippen LogP contribution in [0.2, 0.25) is 0 Å². The van der Waals surface area contributed by atoms with Crippen molar-refractivity contribution in [1.29, 1.82) is 0 Å². The van der Waals surface area contributed by atoms with Crippen molar-refractivity contribution >= 4 is 23.8 Å². The fraction of sp³-hybridized carbons (Fsp3) is 0.455. The molecule has 0 heterocycles. The van der Waals surface area contributed by atoms with Crippen LogP contribution in [0.15, 0.2) is 24.3 Å². The molecule has 0 saturated carbocycles. The van der Waals surface area contributed by atoms with Crippen LogP contribution in [0.3, 0.4) is 0 Å². The molecule has 2 N–H and O–H groups in total. The molecule has 2 nitrogen and oxygen atoms in total.